The normalized spacial score (nSPS) is 11.1. The molecule has 0 atom stereocenters. The van der Waals surface area contributed by atoms with Crippen LogP contribution in [-0.4, -0.2) is 17.5 Å². The molecule has 82 valence electrons. The predicted molar refractivity (Wildman–Crippen MR) is 53.5 cm³/mol. The first kappa shape index (κ1) is 12.9. The Labute approximate surface area is 84.8 Å². The molecular weight excluding hydrogens is 182 g/mol. The molecule has 0 saturated heterocycles. The minimum Gasteiger partial charge on any atom is -0.460 e. The molecule has 0 aliphatic rings. The Morgan fingerprint density at radius 3 is 2.29 bits per heavy atom. The lowest BCUT2D eigenvalue weighted by Crippen LogP contribution is -2.27. The summed E-state index contributed by atoms with van der Waals surface area (Å²) in [7, 11) is 0. The van der Waals surface area contributed by atoms with Gasteiger partial charge in [-0.3, -0.25) is 9.59 Å². The monoisotopic (exact) mass is 201 g/mol. The average molecular weight is 201 g/mol. The highest BCUT2D eigenvalue weighted by Crippen LogP contribution is 2.15. The van der Waals surface area contributed by atoms with Gasteiger partial charge in [0.2, 0.25) is 5.91 Å². The minimum atomic E-state index is -0.413. The molecule has 0 saturated carbocycles. The minimum absolute atomic E-state index is 0.238. The molecule has 0 aromatic carbocycles. The quantitative estimate of drug-likeness (QED) is 0.660. The summed E-state index contributed by atoms with van der Waals surface area (Å²) in [6.45, 7) is 5.68. The lowest BCUT2D eigenvalue weighted by Gasteiger charge is -2.23. The predicted octanol–water partition coefficient (Wildman–Crippen LogP) is 1.37. The first-order chi connectivity index (χ1) is 6.37. The maximum absolute atomic E-state index is 11.2. The topological polar surface area (TPSA) is 69.4 Å². The molecule has 0 rings (SSSR count). The molecule has 0 aliphatic carbocycles. The number of esters is 1. The van der Waals surface area contributed by atoms with E-state index in [-0.39, 0.29) is 24.7 Å². The molecule has 0 heterocycles. The third-order valence-corrected chi connectivity index (χ3v) is 2.05. The molecule has 0 unspecified atom stereocenters. The van der Waals surface area contributed by atoms with Crippen molar-refractivity contribution in [3.05, 3.63) is 0 Å². The largest absolute Gasteiger partial charge is 0.460 e. The van der Waals surface area contributed by atoms with Gasteiger partial charge in [-0.05, 0) is 26.7 Å². The SMILES string of the molecule is CCC(C)(C)OC(=O)CCCC(N)=O. The van der Waals surface area contributed by atoms with Crippen LogP contribution in [0.1, 0.15) is 46.5 Å². The number of ether oxygens (including phenoxy) is 1. The zero-order valence-corrected chi connectivity index (χ0v) is 9.13. The van der Waals surface area contributed by atoms with E-state index in [4.69, 9.17) is 10.5 Å². The first-order valence-corrected chi connectivity index (χ1v) is 4.87. The summed E-state index contributed by atoms with van der Waals surface area (Å²) in [6, 6.07) is 0. The van der Waals surface area contributed by atoms with E-state index in [0.717, 1.165) is 6.42 Å². The van der Waals surface area contributed by atoms with E-state index in [1.165, 1.54) is 0 Å². The van der Waals surface area contributed by atoms with E-state index in [1.807, 2.05) is 20.8 Å². The Morgan fingerprint density at radius 2 is 1.86 bits per heavy atom. The van der Waals surface area contributed by atoms with Crippen LogP contribution in [0.3, 0.4) is 0 Å². The number of primary amides is 1. The Hall–Kier alpha value is -1.06. The number of nitrogens with two attached hydrogens (primary N) is 1. The summed E-state index contributed by atoms with van der Waals surface area (Å²) >= 11 is 0. The van der Waals surface area contributed by atoms with Gasteiger partial charge in [0.25, 0.3) is 0 Å². The third-order valence-electron chi connectivity index (χ3n) is 2.05. The summed E-state index contributed by atoms with van der Waals surface area (Å²) in [5.41, 5.74) is 4.53. The lowest BCUT2D eigenvalue weighted by molar-refractivity contribution is -0.156. The van der Waals surface area contributed by atoms with Crippen LogP contribution < -0.4 is 5.73 Å². The average Bonchev–Trinajstić information content (AvgIpc) is 2.02. The number of carbonyl (C=O) groups excluding carboxylic acids is 2. The van der Waals surface area contributed by atoms with Crippen molar-refractivity contribution in [1.82, 2.24) is 0 Å². The van der Waals surface area contributed by atoms with Gasteiger partial charge in [-0.15, -0.1) is 0 Å². The first-order valence-electron chi connectivity index (χ1n) is 4.87. The second kappa shape index (κ2) is 5.62. The van der Waals surface area contributed by atoms with Crippen LogP contribution in [0.4, 0.5) is 0 Å². The van der Waals surface area contributed by atoms with Crippen molar-refractivity contribution in [2.75, 3.05) is 0 Å². The molecule has 4 heteroatoms. The van der Waals surface area contributed by atoms with E-state index >= 15 is 0 Å². The van der Waals surface area contributed by atoms with Crippen LogP contribution in [0.5, 0.6) is 0 Å². The van der Waals surface area contributed by atoms with E-state index < -0.39 is 5.60 Å². The van der Waals surface area contributed by atoms with Gasteiger partial charge in [0, 0.05) is 12.8 Å². The summed E-state index contributed by atoms with van der Waals surface area (Å²) in [5.74, 6) is -0.648. The smallest absolute Gasteiger partial charge is 0.306 e. The molecule has 4 nitrogen and oxygen atoms in total. The number of rotatable bonds is 6. The van der Waals surface area contributed by atoms with Gasteiger partial charge in [-0.2, -0.15) is 0 Å². The van der Waals surface area contributed by atoms with Crippen LogP contribution in [0.2, 0.25) is 0 Å². The fourth-order valence-electron chi connectivity index (χ4n) is 0.838. The molecule has 0 spiro atoms. The molecule has 0 aromatic rings. The van der Waals surface area contributed by atoms with E-state index in [2.05, 4.69) is 0 Å². The fraction of sp³-hybridized carbons (Fsp3) is 0.800. The van der Waals surface area contributed by atoms with Crippen LogP contribution in [0.25, 0.3) is 0 Å². The Bertz CT molecular complexity index is 211. The van der Waals surface area contributed by atoms with Gasteiger partial charge >= 0.3 is 5.97 Å². The standard InChI is InChI=1S/C10H19NO3/c1-4-10(2,3)14-9(13)7-5-6-8(11)12/h4-7H2,1-3H3,(H2,11,12). The Kier molecular flexibility index (Phi) is 5.20. The second-order valence-corrected chi connectivity index (χ2v) is 3.91. The zero-order chi connectivity index (χ0) is 11.2. The van der Waals surface area contributed by atoms with Crippen molar-refractivity contribution >= 4 is 11.9 Å². The van der Waals surface area contributed by atoms with Crippen LogP contribution in [0.15, 0.2) is 0 Å². The van der Waals surface area contributed by atoms with Gasteiger partial charge < -0.3 is 10.5 Å². The molecule has 1 amide bonds. The highest BCUT2D eigenvalue weighted by molar-refractivity contribution is 5.75. The van der Waals surface area contributed by atoms with Gasteiger partial charge in [0.15, 0.2) is 0 Å². The summed E-state index contributed by atoms with van der Waals surface area (Å²) in [5, 5.41) is 0. The Morgan fingerprint density at radius 1 is 1.29 bits per heavy atom. The van der Waals surface area contributed by atoms with Crippen molar-refractivity contribution < 1.29 is 14.3 Å². The fourth-order valence-corrected chi connectivity index (χ4v) is 0.838. The van der Waals surface area contributed by atoms with Crippen molar-refractivity contribution in [1.29, 1.82) is 0 Å². The summed E-state index contributed by atoms with van der Waals surface area (Å²) in [6.07, 6.45) is 1.73. The lowest BCUT2D eigenvalue weighted by atomic mass is 10.1. The highest BCUT2D eigenvalue weighted by Gasteiger charge is 2.19. The molecular formula is C10H19NO3. The van der Waals surface area contributed by atoms with E-state index in [0.29, 0.717) is 6.42 Å². The molecule has 0 aromatic heterocycles. The van der Waals surface area contributed by atoms with Crippen molar-refractivity contribution in [2.24, 2.45) is 5.73 Å². The number of carbonyl (C=O) groups is 2. The molecule has 0 bridgehead atoms. The van der Waals surface area contributed by atoms with Gasteiger partial charge in [-0.1, -0.05) is 6.92 Å². The number of hydrogen-bond acceptors (Lipinski definition) is 3. The highest BCUT2D eigenvalue weighted by atomic mass is 16.6. The zero-order valence-electron chi connectivity index (χ0n) is 9.13. The van der Waals surface area contributed by atoms with Crippen LogP contribution >= 0.6 is 0 Å². The molecule has 0 aliphatic heterocycles. The van der Waals surface area contributed by atoms with Crippen molar-refractivity contribution in [3.63, 3.8) is 0 Å². The van der Waals surface area contributed by atoms with Gasteiger partial charge in [0.1, 0.15) is 5.60 Å². The van der Waals surface area contributed by atoms with Crippen LogP contribution in [0, 0.1) is 0 Å². The number of amides is 1. The third kappa shape index (κ3) is 6.46. The van der Waals surface area contributed by atoms with Crippen molar-refractivity contribution in [3.8, 4) is 0 Å². The van der Waals surface area contributed by atoms with E-state index in [1.54, 1.807) is 0 Å². The van der Waals surface area contributed by atoms with Gasteiger partial charge in [0.05, 0.1) is 0 Å². The van der Waals surface area contributed by atoms with Crippen molar-refractivity contribution in [2.45, 2.75) is 52.1 Å². The number of hydrogen-bond donors (Lipinski definition) is 1. The second-order valence-electron chi connectivity index (χ2n) is 3.91. The maximum atomic E-state index is 11.2. The van der Waals surface area contributed by atoms with E-state index in [9.17, 15) is 9.59 Å². The molecule has 2 N–H and O–H groups in total. The molecule has 14 heavy (non-hydrogen) atoms. The maximum Gasteiger partial charge on any atom is 0.306 e. The molecule has 0 fully saturated rings. The Balaban J connectivity index is 3.71. The summed E-state index contributed by atoms with van der Waals surface area (Å²) < 4.78 is 5.18. The molecule has 0 radical (unpaired) electrons. The summed E-state index contributed by atoms with van der Waals surface area (Å²) in [4.78, 5) is 21.6. The van der Waals surface area contributed by atoms with Crippen LogP contribution in [-0.2, 0) is 14.3 Å². The van der Waals surface area contributed by atoms with Gasteiger partial charge in [-0.25, -0.2) is 0 Å².